The number of primary amides is 1. The van der Waals surface area contributed by atoms with Gasteiger partial charge in [0.1, 0.15) is 10.3 Å². The molecule has 1 aliphatic heterocycles. The quantitative estimate of drug-likeness (QED) is 0.789. The molecule has 1 amide bonds. The van der Waals surface area contributed by atoms with Gasteiger partial charge in [-0.05, 0) is 36.1 Å². The maximum atomic E-state index is 11.3. The van der Waals surface area contributed by atoms with Gasteiger partial charge >= 0.3 is 0 Å². The molecule has 0 radical (unpaired) electrons. The Morgan fingerprint density at radius 1 is 1.12 bits per heavy atom. The minimum Gasteiger partial charge on any atom is -0.369 e. The molecule has 0 aromatic carbocycles. The fourth-order valence-electron chi connectivity index (χ4n) is 3.73. The average Bonchev–Trinajstić information content (AvgIpc) is 2.97. The number of aromatic nitrogens is 3. The Bertz CT molecular complexity index is 929. The van der Waals surface area contributed by atoms with E-state index in [2.05, 4.69) is 9.88 Å². The maximum absolute atomic E-state index is 11.3. The molecule has 2 fully saturated rings. The lowest BCUT2D eigenvalue weighted by molar-refractivity contribution is -0.119. The number of amides is 1. The number of hydrogen-bond acceptors (Lipinski definition) is 6. The third kappa shape index (κ3) is 2.08. The van der Waals surface area contributed by atoms with Crippen molar-refractivity contribution in [2.24, 2.45) is 23.5 Å². The molecule has 3 aromatic heterocycles. The van der Waals surface area contributed by atoms with Gasteiger partial charge < -0.3 is 10.6 Å². The molecule has 5 rings (SSSR count). The fraction of sp³-hybridized carbons (Fsp3) is 0.294. The molecule has 1 aliphatic carbocycles. The van der Waals surface area contributed by atoms with Crippen LogP contribution in [0.1, 0.15) is 0 Å². The minimum absolute atomic E-state index is 0.0760. The van der Waals surface area contributed by atoms with E-state index in [1.54, 1.807) is 23.7 Å². The van der Waals surface area contributed by atoms with Crippen molar-refractivity contribution >= 4 is 32.7 Å². The third-order valence-electron chi connectivity index (χ3n) is 5.01. The van der Waals surface area contributed by atoms with Crippen LogP contribution in [0.25, 0.3) is 21.6 Å². The van der Waals surface area contributed by atoms with Crippen molar-refractivity contribution < 1.29 is 4.79 Å². The van der Waals surface area contributed by atoms with Crippen LogP contribution in [-0.2, 0) is 4.79 Å². The zero-order valence-corrected chi connectivity index (χ0v) is 13.6. The standard InChI is InChI=1S/C17H15N5OS/c18-15(23)14-10-7-22(8-11(10)14)17-21-13-2-1-12(20-16(13)24-17)9-3-5-19-6-4-9/h1-6,10-11,14H,7-8H2,(H2,18,23). The highest BCUT2D eigenvalue weighted by Crippen LogP contribution is 2.52. The lowest BCUT2D eigenvalue weighted by Crippen LogP contribution is -2.28. The summed E-state index contributed by atoms with van der Waals surface area (Å²) in [4.78, 5) is 28.0. The first kappa shape index (κ1) is 13.9. The lowest BCUT2D eigenvalue weighted by atomic mass is 10.2. The zero-order valence-electron chi connectivity index (χ0n) is 12.8. The lowest BCUT2D eigenvalue weighted by Gasteiger charge is -2.17. The minimum atomic E-state index is -0.155. The number of pyridine rings is 2. The molecular weight excluding hydrogens is 322 g/mol. The van der Waals surface area contributed by atoms with Gasteiger partial charge in [0, 0.05) is 37.0 Å². The largest absolute Gasteiger partial charge is 0.369 e. The molecule has 2 unspecified atom stereocenters. The number of anilines is 1. The van der Waals surface area contributed by atoms with Gasteiger partial charge in [-0.25, -0.2) is 9.97 Å². The summed E-state index contributed by atoms with van der Waals surface area (Å²) in [6.07, 6.45) is 3.54. The molecule has 1 saturated carbocycles. The summed E-state index contributed by atoms with van der Waals surface area (Å²) in [5.41, 5.74) is 8.32. The Morgan fingerprint density at radius 2 is 1.88 bits per heavy atom. The Balaban J connectivity index is 1.42. The number of fused-ring (bicyclic) bond motifs is 2. The highest BCUT2D eigenvalue weighted by molar-refractivity contribution is 7.21. The van der Waals surface area contributed by atoms with E-state index >= 15 is 0 Å². The first-order chi connectivity index (χ1) is 11.7. The molecular formula is C17H15N5OS. The highest BCUT2D eigenvalue weighted by Gasteiger charge is 2.59. The van der Waals surface area contributed by atoms with Crippen molar-refractivity contribution in [3.05, 3.63) is 36.7 Å². The van der Waals surface area contributed by atoms with Crippen LogP contribution in [0.2, 0.25) is 0 Å². The summed E-state index contributed by atoms with van der Waals surface area (Å²) >= 11 is 1.61. The molecule has 2 N–H and O–H groups in total. The van der Waals surface area contributed by atoms with Crippen LogP contribution in [-0.4, -0.2) is 33.9 Å². The van der Waals surface area contributed by atoms with E-state index in [0.29, 0.717) is 11.8 Å². The number of carbonyl (C=O) groups is 1. The Morgan fingerprint density at radius 3 is 2.58 bits per heavy atom. The van der Waals surface area contributed by atoms with Crippen molar-refractivity contribution in [1.29, 1.82) is 0 Å². The smallest absolute Gasteiger partial charge is 0.221 e. The summed E-state index contributed by atoms with van der Waals surface area (Å²) in [5, 5.41) is 0.986. The van der Waals surface area contributed by atoms with Gasteiger partial charge in [0.05, 0.1) is 5.69 Å². The number of nitrogens with two attached hydrogens (primary N) is 1. The summed E-state index contributed by atoms with van der Waals surface area (Å²) in [5.74, 6) is 0.745. The second kappa shape index (κ2) is 4.98. The molecule has 6 nitrogen and oxygen atoms in total. The van der Waals surface area contributed by atoms with Gasteiger partial charge in [-0.2, -0.15) is 0 Å². The Hall–Kier alpha value is -2.54. The van der Waals surface area contributed by atoms with Crippen LogP contribution in [0.5, 0.6) is 0 Å². The molecule has 3 aromatic rings. The number of thiazole rings is 1. The normalized spacial score (nSPS) is 25.0. The van der Waals surface area contributed by atoms with Gasteiger partial charge in [-0.3, -0.25) is 9.78 Å². The topological polar surface area (TPSA) is 85.0 Å². The van der Waals surface area contributed by atoms with Crippen molar-refractivity contribution in [3.63, 3.8) is 0 Å². The number of nitrogens with zero attached hydrogens (tertiary/aromatic N) is 4. The van der Waals surface area contributed by atoms with E-state index in [9.17, 15) is 4.79 Å². The monoisotopic (exact) mass is 337 g/mol. The molecule has 4 heterocycles. The van der Waals surface area contributed by atoms with Crippen molar-refractivity contribution in [2.75, 3.05) is 18.0 Å². The first-order valence-electron chi connectivity index (χ1n) is 7.93. The van der Waals surface area contributed by atoms with Crippen LogP contribution in [0, 0.1) is 17.8 Å². The van der Waals surface area contributed by atoms with Gasteiger partial charge in [0.25, 0.3) is 0 Å². The van der Waals surface area contributed by atoms with Gasteiger partial charge in [0.2, 0.25) is 5.91 Å². The molecule has 0 spiro atoms. The SMILES string of the molecule is NC(=O)C1C2CN(c3nc4ccc(-c5ccncc5)nc4s3)CC21. The van der Waals surface area contributed by atoms with E-state index in [1.807, 2.05) is 24.3 Å². The van der Waals surface area contributed by atoms with Crippen LogP contribution in [0.3, 0.4) is 0 Å². The molecule has 24 heavy (non-hydrogen) atoms. The van der Waals surface area contributed by atoms with E-state index in [-0.39, 0.29) is 11.8 Å². The number of hydrogen-bond donors (Lipinski definition) is 1. The maximum Gasteiger partial charge on any atom is 0.221 e. The molecule has 0 bridgehead atoms. The van der Waals surface area contributed by atoms with Crippen LogP contribution in [0.4, 0.5) is 5.13 Å². The molecule has 2 aliphatic rings. The summed E-state index contributed by atoms with van der Waals surface area (Å²) < 4.78 is 0. The second-order valence-corrected chi connectivity index (χ2v) is 7.37. The molecule has 1 saturated heterocycles. The molecule has 7 heteroatoms. The van der Waals surface area contributed by atoms with Crippen LogP contribution < -0.4 is 10.6 Å². The number of piperidine rings is 1. The fourth-order valence-corrected chi connectivity index (χ4v) is 4.69. The Labute approximate surface area is 142 Å². The predicted octanol–water partition coefficient (Wildman–Crippen LogP) is 1.92. The Kier molecular flexibility index (Phi) is 2.87. The summed E-state index contributed by atoms with van der Waals surface area (Å²) in [6, 6.07) is 7.91. The van der Waals surface area contributed by atoms with Gasteiger partial charge in [0.15, 0.2) is 5.13 Å². The van der Waals surface area contributed by atoms with Gasteiger partial charge in [-0.1, -0.05) is 11.3 Å². The zero-order chi connectivity index (χ0) is 16.3. The summed E-state index contributed by atoms with van der Waals surface area (Å²) in [6.45, 7) is 1.74. The van der Waals surface area contributed by atoms with Crippen molar-refractivity contribution in [3.8, 4) is 11.3 Å². The second-order valence-electron chi connectivity index (χ2n) is 6.41. The van der Waals surface area contributed by atoms with Crippen LogP contribution in [0.15, 0.2) is 36.7 Å². The molecule has 2 atom stereocenters. The van der Waals surface area contributed by atoms with Crippen LogP contribution >= 0.6 is 11.3 Å². The predicted molar refractivity (Wildman–Crippen MR) is 92.5 cm³/mol. The van der Waals surface area contributed by atoms with Gasteiger partial charge in [-0.15, -0.1) is 0 Å². The number of rotatable bonds is 3. The average molecular weight is 337 g/mol. The first-order valence-corrected chi connectivity index (χ1v) is 8.74. The van der Waals surface area contributed by atoms with Crippen molar-refractivity contribution in [2.45, 2.75) is 0 Å². The van der Waals surface area contributed by atoms with E-state index in [1.165, 1.54) is 0 Å². The third-order valence-corrected chi connectivity index (χ3v) is 6.04. The van der Waals surface area contributed by atoms with E-state index < -0.39 is 0 Å². The van der Waals surface area contributed by atoms with E-state index in [0.717, 1.165) is 39.8 Å². The highest BCUT2D eigenvalue weighted by atomic mass is 32.1. The summed E-state index contributed by atoms with van der Waals surface area (Å²) in [7, 11) is 0. The molecule has 120 valence electrons. The number of carbonyl (C=O) groups excluding carboxylic acids is 1. The van der Waals surface area contributed by atoms with E-state index in [4.69, 9.17) is 15.7 Å². The van der Waals surface area contributed by atoms with Crippen molar-refractivity contribution in [1.82, 2.24) is 15.0 Å².